The van der Waals surface area contributed by atoms with E-state index in [9.17, 15) is 13.6 Å². The summed E-state index contributed by atoms with van der Waals surface area (Å²) in [5.41, 5.74) is 1.36. The van der Waals surface area contributed by atoms with Gasteiger partial charge < -0.3 is 4.74 Å². The highest BCUT2D eigenvalue weighted by Crippen LogP contribution is 2.31. The van der Waals surface area contributed by atoms with Gasteiger partial charge in [0.25, 0.3) is 0 Å². The van der Waals surface area contributed by atoms with Crippen molar-refractivity contribution in [1.82, 2.24) is 0 Å². The fourth-order valence-corrected chi connectivity index (χ4v) is 2.15. The molecule has 0 radical (unpaired) electrons. The standard InChI is InChI=1S/C15H10F2O2/c16-10-2-4-11(13(17)8-10)9-1-3-12-14(18)5-6-19-15(12)7-9/h1-4,7-8H,5-6H2. The van der Waals surface area contributed by atoms with E-state index < -0.39 is 11.6 Å². The molecule has 0 amide bonds. The quantitative estimate of drug-likeness (QED) is 0.783. The second-order valence-electron chi connectivity index (χ2n) is 4.36. The third-order valence-corrected chi connectivity index (χ3v) is 3.11. The molecule has 2 aromatic carbocycles. The van der Waals surface area contributed by atoms with Gasteiger partial charge in [0.05, 0.1) is 12.2 Å². The van der Waals surface area contributed by atoms with Crippen molar-refractivity contribution in [3.63, 3.8) is 0 Å². The molecule has 0 fully saturated rings. The largest absolute Gasteiger partial charge is 0.492 e. The molecule has 0 bridgehead atoms. The predicted octanol–water partition coefficient (Wildman–Crippen LogP) is 3.60. The van der Waals surface area contributed by atoms with E-state index in [-0.39, 0.29) is 11.3 Å². The molecule has 2 nitrogen and oxygen atoms in total. The van der Waals surface area contributed by atoms with E-state index in [0.717, 1.165) is 6.07 Å². The van der Waals surface area contributed by atoms with E-state index in [0.29, 0.717) is 29.9 Å². The molecular weight excluding hydrogens is 250 g/mol. The molecular formula is C15H10F2O2. The fourth-order valence-electron chi connectivity index (χ4n) is 2.15. The van der Waals surface area contributed by atoms with Crippen molar-refractivity contribution in [2.75, 3.05) is 6.61 Å². The highest BCUT2D eigenvalue weighted by molar-refractivity contribution is 6.00. The number of rotatable bonds is 1. The fraction of sp³-hybridized carbons (Fsp3) is 0.133. The molecule has 2 aromatic rings. The number of halogens is 2. The number of benzene rings is 2. The van der Waals surface area contributed by atoms with Gasteiger partial charge in [-0.1, -0.05) is 6.07 Å². The van der Waals surface area contributed by atoms with E-state index in [1.807, 2.05) is 0 Å². The summed E-state index contributed by atoms with van der Waals surface area (Å²) in [5, 5.41) is 0. The summed E-state index contributed by atoms with van der Waals surface area (Å²) in [4.78, 5) is 11.6. The van der Waals surface area contributed by atoms with E-state index >= 15 is 0 Å². The summed E-state index contributed by atoms with van der Waals surface area (Å²) in [6.07, 6.45) is 0.358. The summed E-state index contributed by atoms with van der Waals surface area (Å²) >= 11 is 0. The molecule has 19 heavy (non-hydrogen) atoms. The van der Waals surface area contributed by atoms with Gasteiger partial charge in [-0.05, 0) is 29.8 Å². The number of hydrogen-bond acceptors (Lipinski definition) is 2. The number of ether oxygens (including phenoxy) is 1. The van der Waals surface area contributed by atoms with Crippen molar-refractivity contribution in [1.29, 1.82) is 0 Å². The molecule has 4 heteroatoms. The summed E-state index contributed by atoms with van der Waals surface area (Å²) in [6, 6.07) is 8.28. The first-order chi connectivity index (χ1) is 9.15. The molecule has 1 aliphatic rings. The smallest absolute Gasteiger partial charge is 0.169 e. The SMILES string of the molecule is O=C1CCOc2cc(-c3ccc(F)cc3F)ccc21. The minimum Gasteiger partial charge on any atom is -0.492 e. The van der Waals surface area contributed by atoms with Crippen molar-refractivity contribution in [3.05, 3.63) is 53.6 Å². The van der Waals surface area contributed by atoms with Crippen LogP contribution in [0.4, 0.5) is 8.78 Å². The first-order valence-electron chi connectivity index (χ1n) is 5.90. The van der Waals surface area contributed by atoms with Crippen LogP contribution in [0.2, 0.25) is 0 Å². The predicted molar refractivity (Wildman–Crippen MR) is 66.2 cm³/mol. The lowest BCUT2D eigenvalue weighted by atomic mass is 9.99. The second-order valence-corrected chi connectivity index (χ2v) is 4.36. The summed E-state index contributed by atoms with van der Waals surface area (Å²) in [7, 11) is 0. The van der Waals surface area contributed by atoms with Gasteiger partial charge in [0, 0.05) is 18.1 Å². The Morgan fingerprint density at radius 2 is 1.79 bits per heavy atom. The molecule has 0 atom stereocenters. The van der Waals surface area contributed by atoms with Crippen LogP contribution in [0.1, 0.15) is 16.8 Å². The van der Waals surface area contributed by atoms with Gasteiger partial charge in [-0.15, -0.1) is 0 Å². The average Bonchev–Trinajstić information content (AvgIpc) is 2.38. The zero-order valence-corrected chi connectivity index (χ0v) is 9.95. The Balaban J connectivity index is 2.09. The van der Waals surface area contributed by atoms with Gasteiger partial charge >= 0.3 is 0 Å². The number of hydrogen-bond donors (Lipinski definition) is 0. The van der Waals surface area contributed by atoms with Gasteiger partial charge in [-0.25, -0.2) is 8.78 Å². The summed E-state index contributed by atoms with van der Waals surface area (Å²) in [6.45, 7) is 0.335. The molecule has 1 aliphatic heterocycles. The van der Waals surface area contributed by atoms with Crippen LogP contribution in [0.25, 0.3) is 11.1 Å². The van der Waals surface area contributed by atoms with Crippen molar-refractivity contribution < 1.29 is 18.3 Å². The number of fused-ring (bicyclic) bond motifs is 1. The minimum atomic E-state index is -0.637. The Hall–Kier alpha value is -2.23. The normalized spacial score (nSPS) is 13.9. The Bertz CT molecular complexity index is 665. The summed E-state index contributed by atoms with van der Waals surface area (Å²) in [5.74, 6) is -0.780. The Kier molecular flexibility index (Phi) is 2.78. The van der Waals surface area contributed by atoms with Gasteiger partial charge in [0.15, 0.2) is 5.78 Å². The maximum absolute atomic E-state index is 13.7. The third-order valence-electron chi connectivity index (χ3n) is 3.11. The monoisotopic (exact) mass is 260 g/mol. The van der Waals surface area contributed by atoms with Crippen molar-refractivity contribution >= 4 is 5.78 Å². The number of carbonyl (C=O) groups is 1. The lowest BCUT2D eigenvalue weighted by Crippen LogP contribution is -2.15. The zero-order valence-electron chi connectivity index (χ0n) is 9.95. The van der Waals surface area contributed by atoms with Crippen LogP contribution in [-0.4, -0.2) is 12.4 Å². The lowest BCUT2D eigenvalue weighted by Gasteiger charge is -2.17. The number of carbonyl (C=O) groups excluding carboxylic acids is 1. The minimum absolute atomic E-state index is 0.0207. The van der Waals surface area contributed by atoms with Crippen molar-refractivity contribution in [2.24, 2.45) is 0 Å². The molecule has 0 aliphatic carbocycles. The van der Waals surface area contributed by atoms with Gasteiger partial charge in [-0.2, -0.15) is 0 Å². The van der Waals surface area contributed by atoms with Crippen LogP contribution >= 0.6 is 0 Å². The first kappa shape index (κ1) is 11.8. The number of Topliss-reactive ketones (excluding diaryl/α,β-unsaturated/α-hetero) is 1. The van der Waals surface area contributed by atoms with Crippen LogP contribution in [-0.2, 0) is 0 Å². The van der Waals surface area contributed by atoms with Crippen LogP contribution in [0, 0.1) is 11.6 Å². The van der Waals surface area contributed by atoms with Gasteiger partial charge in [0.1, 0.15) is 17.4 Å². The number of ketones is 1. The van der Waals surface area contributed by atoms with Gasteiger partial charge in [0.2, 0.25) is 0 Å². The Labute approximate surface area is 108 Å². The highest BCUT2D eigenvalue weighted by Gasteiger charge is 2.19. The molecule has 0 saturated carbocycles. The molecule has 0 saturated heterocycles. The summed E-state index contributed by atoms with van der Waals surface area (Å²) < 4.78 is 32.0. The lowest BCUT2D eigenvalue weighted by molar-refractivity contribution is 0.0933. The molecule has 0 unspecified atom stereocenters. The molecule has 1 heterocycles. The van der Waals surface area contributed by atoms with Gasteiger partial charge in [-0.3, -0.25) is 4.79 Å². The van der Waals surface area contributed by atoms with E-state index in [1.54, 1.807) is 18.2 Å². The van der Waals surface area contributed by atoms with Crippen LogP contribution in [0.5, 0.6) is 5.75 Å². The first-order valence-corrected chi connectivity index (χ1v) is 5.90. The molecule has 0 N–H and O–H groups in total. The topological polar surface area (TPSA) is 26.3 Å². The zero-order chi connectivity index (χ0) is 13.4. The molecule has 96 valence electrons. The highest BCUT2D eigenvalue weighted by atomic mass is 19.1. The van der Waals surface area contributed by atoms with E-state index in [4.69, 9.17) is 4.74 Å². The van der Waals surface area contributed by atoms with Crippen LogP contribution < -0.4 is 4.74 Å². The molecule has 3 rings (SSSR count). The average molecular weight is 260 g/mol. The molecule has 0 spiro atoms. The molecule has 0 aromatic heterocycles. The third kappa shape index (κ3) is 2.10. The van der Waals surface area contributed by atoms with Crippen LogP contribution in [0.15, 0.2) is 36.4 Å². The maximum Gasteiger partial charge on any atom is 0.169 e. The van der Waals surface area contributed by atoms with Crippen molar-refractivity contribution in [3.8, 4) is 16.9 Å². The Morgan fingerprint density at radius 1 is 1.00 bits per heavy atom. The van der Waals surface area contributed by atoms with E-state index in [2.05, 4.69) is 0 Å². The maximum atomic E-state index is 13.7. The van der Waals surface area contributed by atoms with Crippen molar-refractivity contribution in [2.45, 2.75) is 6.42 Å². The van der Waals surface area contributed by atoms with Crippen LogP contribution in [0.3, 0.4) is 0 Å². The second kappa shape index (κ2) is 4.46. The Morgan fingerprint density at radius 3 is 2.58 bits per heavy atom. The van der Waals surface area contributed by atoms with E-state index in [1.165, 1.54) is 12.1 Å².